The predicted molar refractivity (Wildman–Crippen MR) is 54.7 cm³/mol. The zero-order valence-corrected chi connectivity index (χ0v) is 8.43. The molecule has 0 bridgehead atoms. The van der Waals surface area contributed by atoms with Gasteiger partial charge in [0.05, 0.1) is 0 Å². The van der Waals surface area contributed by atoms with E-state index in [-0.39, 0.29) is 0 Å². The van der Waals surface area contributed by atoms with E-state index in [1.807, 2.05) is 13.0 Å². The van der Waals surface area contributed by atoms with Gasteiger partial charge in [0, 0.05) is 25.8 Å². The van der Waals surface area contributed by atoms with Crippen LogP contribution in [0.1, 0.15) is 11.1 Å². The number of hydrogen-bond donors (Lipinski definition) is 2. The van der Waals surface area contributed by atoms with Crippen molar-refractivity contribution < 1.29 is 0 Å². The molecule has 0 aliphatic rings. The molecule has 0 aliphatic heterocycles. The first kappa shape index (κ1) is 10.4. The molecule has 13 heavy (non-hydrogen) atoms. The minimum atomic E-state index is 0.572. The van der Waals surface area contributed by atoms with Gasteiger partial charge in [0.15, 0.2) is 0 Å². The van der Waals surface area contributed by atoms with Crippen LogP contribution in [0.2, 0.25) is 5.15 Å². The molecule has 0 aliphatic carbocycles. The molecule has 1 heterocycles. The van der Waals surface area contributed by atoms with Gasteiger partial charge in [-0.1, -0.05) is 17.7 Å². The van der Waals surface area contributed by atoms with Gasteiger partial charge in [0.25, 0.3) is 0 Å². The van der Waals surface area contributed by atoms with Crippen LogP contribution in [0.4, 0.5) is 0 Å². The maximum Gasteiger partial charge on any atom is 0.131 e. The van der Waals surface area contributed by atoms with Crippen LogP contribution in [0.5, 0.6) is 0 Å². The highest BCUT2D eigenvalue weighted by Crippen LogP contribution is 2.12. The Bertz CT molecular complexity index is 276. The van der Waals surface area contributed by atoms with E-state index in [9.17, 15) is 0 Å². The maximum atomic E-state index is 5.79. The van der Waals surface area contributed by atoms with E-state index in [2.05, 4.69) is 10.3 Å². The highest BCUT2D eigenvalue weighted by molar-refractivity contribution is 6.30. The fourth-order valence-corrected chi connectivity index (χ4v) is 1.15. The van der Waals surface area contributed by atoms with Gasteiger partial charge in [-0.15, -0.1) is 0 Å². The molecule has 0 amide bonds. The summed E-state index contributed by atoms with van der Waals surface area (Å²) in [5, 5.41) is 3.76. The molecule has 72 valence electrons. The molecule has 0 spiro atoms. The third kappa shape index (κ3) is 3.30. The summed E-state index contributed by atoms with van der Waals surface area (Å²) in [5.74, 6) is 0. The average molecular weight is 200 g/mol. The van der Waals surface area contributed by atoms with Crippen molar-refractivity contribution >= 4 is 11.6 Å². The number of aryl methyl sites for hydroxylation is 1. The first-order valence-corrected chi connectivity index (χ1v) is 4.63. The lowest BCUT2D eigenvalue weighted by Crippen LogP contribution is -2.21. The maximum absolute atomic E-state index is 5.79. The van der Waals surface area contributed by atoms with Crippen LogP contribution in [-0.2, 0) is 6.54 Å². The summed E-state index contributed by atoms with van der Waals surface area (Å²) < 4.78 is 0. The van der Waals surface area contributed by atoms with Gasteiger partial charge in [-0.25, -0.2) is 4.98 Å². The van der Waals surface area contributed by atoms with Crippen molar-refractivity contribution in [2.45, 2.75) is 13.5 Å². The molecule has 3 nitrogen and oxygen atoms in total. The average Bonchev–Trinajstić information content (AvgIpc) is 2.12. The summed E-state index contributed by atoms with van der Waals surface area (Å²) in [6.07, 6.45) is 1.78. The van der Waals surface area contributed by atoms with Crippen LogP contribution < -0.4 is 11.1 Å². The fourth-order valence-electron chi connectivity index (χ4n) is 1.05. The number of halogens is 1. The first-order chi connectivity index (χ1) is 6.24. The summed E-state index contributed by atoms with van der Waals surface area (Å²) >= 11 is 5.79. The Morgan fingerprint density at radius 3 is 3.00 bits per heavy atom. The Balaban J connectivity index is 2.53. The summed E-state index contributed by atoms with van der Waals surface area (Å²) in [7, 11) is 0. The van der Waals surface area contributed by atoms with E-state index in [1.165, 1.54) is 0 Å². The van der Waals surface area contributed by atoms with Crippen molar-refractivity contribution in [3.05, 3.63) is 28.5 Å². The number of nitrogens with one attached hydrogen (secondary N) is 1. The third-order valence-electron chi connectivity index (χ3n) is 1.72. The molecule has 0 aromatic carbocycles. The number of aromatic nitrogens is 1. The highest BCUT2D eigenvalue weighted by atomic mass is 35.5. The highest BCUT2D eigenvalue weighted by Gasteiger charge is 1.97. The standard InChI is InChI=1S/C9H14ClN3/c1-7-4-8(5-12-3-2-11)6-13-9(7)10/h4,6,12H,2-3,5,11H2,1H3. The Labute approximate surface area is 83.3 Å². The minimum Gasteiger partial charge on any atom is -0.329 e. The van der Waals surface area contributed by atoms with Gasteiger partial charge in [-0.3, -0.25) is 0 Å². The second-order valence-electron chi connectivity index (χ2n) is 2.92. The van der Waals surface area contributed by atoms with Crippen molar-refractivity contribution in [1.29, 1.82) is 0 Å². The predicted octanol–water partition coefficient (Wildman–Crippen LogP) is 1.09. The van der Waals surface area contributed by atoms with E-state index < -0.39 is 0 Å². The van der Waals surface area contributed by atoms with Crippen molar-refractivity contribution in [3.63, 3.8) is 0 Å². The van der Waals surface area contributed by atoms with Crippen molar-refractivity contribution in [2.24, 2.45) is 5.73 Å². The second kappa shape index (κ2) is 5.17. The van der Waals surface area contributed by atoms with Crippen LogP contribution in [0.3, 0.4) is 0 Å². The van der Waals surface area contributed by atoms with Gasteiger partial charge < -0.3 is 11.1 Å². The Morgan fingerprint density at radius 1 is 1.62 bits per heavy atom. The van der Waals surface area contributed by atoms with Gasteiger partial charge >= 0.3 is 0 Å². The van der Waals surface area contributed by atoms with E-state index in [1.54, 1.807) is 6.20 Å². The number of nitrogens with zero attached hydrogens (tertiary/aromatic N) is 1. The molecule has 0 fully saturated rings. The third-order valence-corrected chi connectivity index (χ3v) is 2.12. The van der Waals surface area contributed by atoms with Crippen LogP contribution >= 0.6 is 11.6 Å². The zero-order chi connectivity index (χ0) is 9.68. The number of hydrogen-bond acceptors (Lipinski definition) is 3. The summed E-state index contributed by atoms with van der Waals surface area (Å²) in [4.78, 5) is 4.05. The van der Waals surface area contributed by atoms with E-state index in [4.69, 9.17) is 17.3 Å². The van der Waals surface area contributed by atoms with Crippen molar-refractivity contribution in [2.75, 3.05) is 13.1 Å². The van der Waals surface area contributed by atoms with Gasteiger partial charge in [-0.05, 0) is 18.1 Å². The Morgan fingerprint density at radius 2 is 2.38 bits per heavy atom. The lowest BCUT2D eigenvalue weighted by Gasteiger charge is -2.04. The van der Waals surface area contributed by atoms with Crippen molar-refractivity contribution in [3.8, 4) is 0 Å². The first-order valence-electron chi connectivity index (χ1n) is 4.26. The lowest BCUT2D eigenvalue weighted by molar-refractivity contribution is 0.692. The molecule has 1 aromatic rings. The minimum absolute atomic E-state index is 0.572. The number of pyridine rings is 1. The SMILES string of the molecule is Cc1cc(CNCCN)cnc1Cl. The molecular weight excluding hydrogens is 186 g/mol. The molecule has 1 rings (SSSR count). The summed E-state index contributed by atoms with van der Waals surface area (Å²) in [6, 6.07) is 2.03. The summed E-state index contributed by atoms with van der Waals surface area (Å²) in [5.41, 5.74) is 7.49. The quantitative estimate of drug-likeness (QED) is 0.564. The summed E-state index contributed by atoms with van der Waals surface area (Å²) in [6.45, 7) is 4.21. The van der Waals surface area contributed by atoms with E-state index >= 15 is 0 Å². The normalized spacial score (nSPS) is 10.4. The van der Waals surface area contributed by atoms with Crippen LogP contribution in [0.25, 0.3) is 0 Å². The Kier molecular flexibility index (Phi) is 4.15. The molecule has 0 unspecified atom stereocenters. The topological polar surface area (TPSA) is 50.9 Å². The van der Waals surface area contributed by atoms with Gasteiger partial charge in [0.2, 0.25) is 0 Å². The molecule has 0 radical (unpaired) electrons. The zero-order valence-electron chi connectivity index (χ0n) is 7.68. The van der Waals surface area contributed by atoms with E-state index in [0.717, 1.165) is 24.2 Å². The molecule has 0 saturated heterocycles. The fraction of sp³-hybridized carbons (Fsp3) is 0.444. The number of rotatable bonds is 4. The Hall–Kier alpha value is -0.640. The van der Waals surface area contributed by atoms with Gasteiger partial charge in [-0.2, -0.15) is 0 Å². The number of nitrogens with two attached hydrogens (primary N) is 1. The molecule has 0 saturated carbocycles. The van der Waals surface area contributed by atoms with E-state index in [0.29, 0.717) is 11.7 Å². The molecule has 0 atom stereocenters. The monoisotopic (exact) mass is 199 g/mol. The second-order valence-corrected chi connectivity index (χ2v) is 3.27. The molecular formula is C9H14ClN3. The molecule has 3 N–H and O–H groups in total. The molecule has 1 aromatic heterocycles. The smallest absolute Gasteiger partial charge is 0.131 e. The largest absolute Gasteiger partial charge is 0.329 e. The molecule has 4 heteroatoms. The van der Waals surface area contributed by atoms with Crippen LogP contribution in [-0.4, -0.2) is 18.1 Å². The van der Waals surface area contributed by atoms with Crippen LogP contribution in [0, 0.1) is 6.92 Å². The lowest BCUT2D eigenvalue weighted by atomic mass is 10.2. The van der Waals surface area contributed by atoms with Crippen molar-refractivity contribution in [1.82, 2.24) is 10.3 Å². The van der Waals surface area contributed by atoms with Crippen LogP contribution in [0.15, 0.2) is 12.3 Å². The van der Waals surface area contributed by atoms with Gasteiger partial charge in [0.1, 0.15) is 5.15 Å².